The monoisotopic (exact) mass is 368 g/mol. The fourth-order valence-corrected chi connectivity index (χ4v) is 3.93. The summed E-state index contributed by atoms with van der Waals surface area (Å²) in [6.07, 6.45) is 1.99. The molecule has 0 aromatic heterocycles. The van der Waals surface area contributed by atoms with Crippen LogP contribution in [0.3, 0.4) is 0 Å². The van der Waals surface area contributed by atoms with Crippen molar-refractivity contribution in [1.29, 1.82) is 0 Å². The van der Waals surface area contributed by atoms with E-state index in [1.165, 1.54) is 24.3 Å². The van der Waals surface area contributed by atoms with Gasteiger partial charge in [0.05, 0.1) is 9.82 Å². The second-order valence-corrected chi connectivity index (χ2v) is 13.1. The molecule has 1 aromatic rings. The molecule has 0 unspecified atom stereocenters. The summed E-state index contributed by atoms with van der Waals surface area (Å²) in [5.41, 5.74) is 3.10. The summed E-state index contributed by atoms with van der Waals surface area (Å²) >= 11 is 0. The van der Waals surface area contributed by atoms with E-state index in [9.17, 15) is 18.5 Å². The van der Waals surface area contributed by atoms with Crippen LogP contribution < -0.4 is 4.72 Å². The molecule has 6 nitrogen and oxygen atoms in total. The van der Waals surface area contributed by atoms with Crippen LogP contribution >= 0.6 is 0 Å². The Kier molecular flexibility index (Phi) is 7.14. The smallest absolute Gasteiger partial charge is 0.258 e. The molecule has 0 aliphatic carbocycles. The van der Waals surface area contributed by atoms with Gasteiger partial charge in [-0.2, -0.15) is 0 Å². The van der Waals surface area contributed by atoms with E-state index >= 15 is 0 Å². The molecule has 1 atom stereocenters. The molecule has 0 spiro atoms. The minimum Gasteiger partial charge on any atom is -0.258 e. The van der Waals surface area contributed by atoms with Crippen LogP contribution in [-0.2, 0) is 10.0 Å². The first kappa shape index (κ1) is 20.4. The van der Waals surface area contributed by atoms with E-state index in [-0.39, 0.29) is 16.6 Å². The van der Waals surface area contributed by atoms with E-state index in [1.54, 1.807) is 0 Å². The van der Waals surface area contributed by atoms with Gasteiger partial charge in [-0.15, -0.1) is 11.5 Å². The zero-order valence-electron chi connectivity index (χ0n) is 14.5. The summed E-state index contributed by atoms with van der Waals surface area (Å²) in [7, 11) is -5.21. The number of nitro groups is 1. The lowest BCUT2D eigenvalue weighted by Gasteiger charge is -2.16. The van der Waals surface area contributed by atoms with Gasteiger partial charge < -0.3 is 0 Å². The Bertz CT molecular complexity index is 728. The molecule has 24 heavy (non-hydrogen) atoms. The van der Waals surface area contributed by atoms with Gasteiger partial charge in [0.2, 0.25) is 10.0 Å². The van der Waals surface area contributed by atoms with Crippen LogP contribution in [0.15, 0.2) is 29.2 Å². The van der Waals surface area contributed by atoms with Gasteiger partial charge in [0.25, 0.3) is 5.69 Å². The second-order valence-electron chi connectivity index (χ2n) is 6.61. The van der Waals surface area contributed by atoms with E-state index in [0.29, 0.717) is 12.8 Å². The van der Waals surface area contributed by atoms with Crippen LogP contribution in [0.25, 0.3) is 0 Å². The van der Waals surface area contributed by atoms with E-state index < -0.39 is 23.0 Å². The third-order valence-electron chi connectivity index (χ3n) is 3.13. The minimum atomic E-state index is -3.72. The van der Waals surface area contributed by atoms with Gasteiger partial charge in [0.1, 0.15) is 8.07 Å². The molecule has 1 aromatic carbocycles. The van der Waals surface area contributed by atoms with Gasteiger partial charge in [-0.1, -0.05) is 33.0 Å². The van der Waals surface area contributed by atoms with Crippen LogP contribution in [0.1, 0.15) is 26.2 Å². The Labute approximate surface area is 144 Å². The maximum atomic E-state index is 12.4. The van der Waals surface area contributed by atoms with Crippen LogP contribution in [0.4, 0.5) is 5.69 Å². The Balaban J connectivity index is 2.90. The van der Waals surface area contributed by atoms with Crippen molar-refractivity contribution in [3.63, 3.8) is 0 Å². The summed E-state index contributed by atoms with van der Waals surface area (Å²) in [6, 6.07) is 4.61. The maximum absolute atomic E-state index is 12.4. The van der Waals surface area contributed by atoms with Crippen LogP contribution in [-0.4, -0.2) is 27.5 Å². The second kappa shape index (κ2) is 8.42. The number of non-ortho nitro benzene ring substituents is 1. The normalized spacial score (nSPS) is 13.0. The Morgan fingerprint density at radius 2 is 1.83 bits per heavy atom. The average Bonchev–Trinajstić information content (AvgIpc) is 2.45. The number of hydrogen-bond donors (Lipinski definition) is 1. The predicted molar refractivity (Wildman–Crippen MR) is 97.9 cm³/mol. The van der Waals surface area contributed by atoms with E-state index in [1.807, 2.05) is 6.92 Å². The lowest BCUT2D eigenvalue weighted by molar-refractivity contribution is -0.384. The van der Waals surface area contributed by atoms with Crippen molar-refractivity contribution < 1.29 is 13.3 Å². The molecule has 0 fully saturated rings. The molecule has 8 heteroatoms. The van der Waals surface area contributed by atoms with E-state index in [4.69, 9.17) is 0 Å². The van der Waals surface area contributed by atoms with Crippen LogP contribution in [0.2, 0.25) is 19.6 Å². The molecule has 0 bridgehead atoms. The number of sulfonamides is 1. The molecule has 1 rings (SSSR count). The van der Waals surface area contributed by atoms with Gasteiger partial charge in [0, 0.05) is 24.6 Å². The zero-order chi connectivity index (χ0) is 18.4. The standard InChI is InChI=1S/C16H24N2O4SSi/c1-5-7-14(8-6-13-24(2,3)4)17-23(21,22)16-11-9-15(10-12-16)18(19)20/h9-12,14,17H,5,7-8H2,1-4H3/t14-/m1/s1. The third kappa shape index (κ3) is 6.82. The summed E-state index contributed by atoms with van der Waals surface area (Å²) in [5.74, 6) is 3.10. The summed E-state index contributed by atoms with van der Waals surface area (Å²) < 4.78 is 27.5. The fourth-order valence-electron chi connectivity index (χ4n) is 2.02. The summed E-state index contributed by atoms with van der Waals surface area (Å²) in [4.78, 5) is 10.1. The predicted octanol–water partition coefficient (Wildman–Crippen LogP) is 3.31. The quantitative estimate of drug-likeness (QED) is 0.346. The third-order valence-corrected chi connectivity index (χ3v) is 5.59. The molecule has 0 amide bonds. The molecule has 132 valence electrons. The number of nitrogens with zero attached hydrogens (tertiary/aromatic N) is 1. The van der Waals surface area contributed by atoms with Crippen molar-refractivity contribution in [3.05, 3.63) is 34.4 Å². The fraction of sp³-hybridized carbons (Fsp3) is 0.500. The molecule has 0 saturated heterocycles. The number of rotatable bonds is 7. The first-order valence-electron chi connectivity index (χ1n) is 7.82. The van der Waals surface area contributed by atoms with E-state index in [2.05, 4.69) is 35.8 Å². The molecule has 0 aliphatic rings. The lowest BCUT2D eigenvalue weighted by Crippen LogP contribution is -2.34. The highest BCUT2D eigenvalue weighted by Gasteiger charge is 2.20. The van der Waals surface area contributed by atoms with Crippen LogP contribution in [0.5, 0.6) is 0 Å². The molecule has 0 heterocycles. The molecule has 0 radical (unpaired) electrons. The lowest BCUT2D eigenvalue weighted by atomic mass is 10.1. The van der Waals surface area contributed by atoms with Crippen molar-refractivity contribution in [2.75, 3.05) is 0 Å². The van der Waals surface area contributed by atoms with Crippen LogP contribution in [0, 0.1) is 21.6 Å². The Morgan fingerprint density at radius 1 is 1.25 bits per heavy atom. The molecule has 0 saturated carbocycles. The number of nitro benzene ring substituents is 1. The number of benzene rings is 1. The highest BCUT2D eigenvalue weighted by molar-refractivity contribution is 7.89. The number of nitrogens with one attached hydrogen (secondary N) is 1. The van der Waals surface area contributed by atoms with Gasteiger partial charge in [-0.3, -0.25) is 10.1 Å². The highest BCUT2D eigenvalue weighted by atomic mass is 32.2. The first-order valence-corrected chi connectivity index (χ1v) is 12.8. The van der Waals surface area contributed by atoms with Crippen molar-refractivity contribution in [3.8, 4) is 11.5 Å². The summed E-state index contributed by atoms with van der Waals surface area (Å²) in [6.45, 7) is 8.39. The molecule has 1 N–H and O–H groups in total. The molecule has 0 aliphatic heterocycles. The van der Waals surface area contributed by atoms with Gasteiger partial charge in [0.15, 0.2) is 0 Å². The van der Waals surface area contributed by atoms with Gasteiger partial charge in [-0.25, -0.2) is 13.1 Å². The topological polar surface area (TPSA) is 89.3 Å². The average molecular weight is 369 g/mol. The van der Waals surface area contributed by atoms with Crippen molar-refractivity contribution in [2.24, 2.45) is 0 Å². The summed E-state index contributed by atoms with van der Waals surface area (Å²) in [5, 5.41) is 10.7. The number of hydrogen-bond acceptors (Lipinski definition) is 4. The first-order chi connectivity index (χ1) is 11.0. The molecular weight excluding hydrogens is 344 g/mol. The van der Waals surface area contributed by atoms with Gasteiger partial charge in [-0.05, 0) is 18.6 Å². The SMILES string of the molecule is CCC[C@H](CC#C[Si](C)(C)C)NS(=O)(=O)c1ccc([N+](=O)[O-])cc1. The van der Waals surface area contributed by atoms with E-state index in [0.717, 1.165) is 6.42 Å². The van der Waals surface area contributed by atoms with Crippen molar-refractivity contribution in [2.45, 2.75) is 56.8 Å². The van der Waals surface area contributed by atoms with Gasteiger partial charge >= 0.3 is 0 Å². The minimum absolute atomic E-state index is 0.0207. The highest BCUT2D eigenvalue weighted by Crippen LogP contribution is 2.17. The van der Waals surface area contributed by atoms with Crippen molar-refractivity contribution in [1.82, 2.24) is 4.72 Å². The molecular formula is C16H24N2O4SSi. The Hall–Kier alpha value is -1.69. The largest absolute Gasteiger partial charge is 0.269 e. The van der Waals surface area contributed by atoms with Crippen molar-refractivity contribution >= 4 is 23.8 Å². The zero-order valence-corrected chi connectivity index (χ0v) is 16.3. The maximum Gasteiger partial charge on any atom is 0.269 e. The Morgan fingerprint density at radius 3 is 2.29 bits per heavy atom.